The van der Waals surface area contributed by atoms with Crippen molar-refractivity contribution in [2.24, 2.45) is 0 Å². The Bertz CT molecular complexity index is 597. The maximum absolute atomic E-state index is 12.5. The lowest BCUT2D eigenvalue weighted by atomic mass is 10.2. The molecular weight excluding hydrogens is 300 g/mol. The molecule has 0 aliphatic rings. The second-order valence-corrected chi connectivity index (χ2v) is 4.41. The highest BCUT2D eigenvalue weighted by Gasteiger charge is 2.33. The molecule has 1 nitrogen and oxygen atoms in total. The van der Waals surface area contributed by atoms with Gasteiger partial charge in [0, 0.05) is 6.07 Å². The lowest BCUT2D eigenvalue weighted by Gasteiger charge is -2.11. The molecule has 99 valence electrons. The molecule has 6 heteroatoms. The van der Waals surface area contributed by atoms with E-state index in [-0.39, 0.29) is 5.75 Å². The molecule has 0 bridgehead atoms. The molecule has 0 saturated heterocycles. The van der Waals surface area contributed by atoms with E-state index in [0.29, 0.717) is 10.8 Å². The molecule has 2 rings (SSSR count). The zero-order valence-corrected chi connectivity index (χ0v) is 10.8. The van der Waals surface area contributed by atoms with E-state index in [4.69, 9.17) is 27.9 Å². The molecule has 0 spiro atoms. The van der Waals surface area contributed by atoms with Crippen molar-refractivity contribution in [3.63, 3.8) is 0 Å². The van der Waals surface area contributed by atoms with Crippen LogP contribution in [0.1, 0.15) is 5.56 Å². The summed E-state index contributed by atoms with van der Waals surface area (Å²) in [7, 11) is 0. The predicted molar refractivity (Wildman–Crippen MR) is 66.8 cm³/mol. The summed E-state index contributed by atoms with van der Waals surface area (Å²) in [5.41, 5.74) is -0.908. The Labute approximate surface area is 117 Å². The molecule has 0 atom stereocenters. The monoisotopic (exact) mass is 305 g/mol. The van der Waals surface area contributed by atoms with Crippen LogP contribution in [0, 0.1) is 6.07 Å². The number of hydrogen-bond acceptors (Lipinski definition) is 1. The van der Waals surface area contributed by atoms with Crippen molar-refractivity contribution < 1.29 is 17.9 Å². The van der Waals surface area contributed by atoms with E-state index in [9.17, 15) is 13.2 Å². The van der Waals surface area contributed by atoms with Gasteiger partial charge in [0.15, 0.2) is 0 Å². The molecule has 0 aromatic heterocycles. The van der Waals surface area contributed by atoms with Crippen LogP contribution in [-0.4, -0.2) is 0 Å². The predicted octanol–water partition coefficient (Wildman–Crippen LogP) is 5.60. The third kappa shape index (κ3) is 3.33. The molecule has 0 heterocycles. The number of alkyl halides is 3. The number of ether oxygens (including phenoxy) is 1. The third-order valence-electron chi connectivity index (χ3n) is 2.25. The van der Waals surface area contributed by atoms with Crippen molar-refractivity contribution >= 4 is 23.2 Å². The van der Waals surface area contributed by atoms with E-state index in [2.05, 4.69) is 6.07 Å². The van der Waals surface area contributed by atoms with E-state index >= 15 is 0 Å². The SMILES string of the molecule is FC(F)(F)c1ccc(Oc2cc[c]cc2Cl)cc1Cl. The Kier molecular flexibility index (Phi) is 3.92. The Morgan fingerprint density at radius 2 is 1.79 bits per heavy atom. The molecule has 0 saturated carbocycles. The average molecular weight is 306 g/mol. The summed E-state index contributed by atoms with van der Waals surface area (Å²) in [6.45, 7) is 0. The molecule has 0 unspecified atom stereocenters. The first-order valence-electron chi connectivity index (χ1n) is 5.08. The van der Waals surface area contributed by atoms with Crippen LogP contribution >= 0.6 is 23.2 Å². The quantitative estimate of drug-likeness (QED) is 0.701. The molecular formula is C13H6Cl2F3O. The molecule has 1 radical (unpaired) electrons. The van der Waals surface area contributed by atoms with Crippen LogP contribution < -0.4 is 4.74 Å². The number of rotatable bonds is 2. The van der Waals surface area contributed by atoms with Crippen molar-refractivity contribution in [2.45, 2.75) is 6.18 Å². The van der Waals surface area contributed by atoms with Crippen molar-refractivity contribution in [3.05, 3.63) is 58.1 Å². The Morgan fingerprint density at radius 3 is 2.37 bits per heavy atom. The number of hydrogen-bond donors (Lipinski definition) is 0. The maximum atomic E-state index is 12.5. The minimum Gasteiger partial charge on any atom is -0.456 e. The Balaban J connectivity index is 2.29. The summed E-state index contributed by atoms with van der Waals surface area (Å²) in [5.74, 6) is 0.488. The molecule has 2 aromatic carbocycles. The van der Waals surface area contributed by atoms with Gasteiger partial charge >= 0.3 is 6.18 Å². The van der Waals surface area contributed by atoms with Crippen LogP contribution in [0.25, 0.3) is 0 Å². The largest absolute Gasteiger partial charge is 0.456 e. The van der Waals surface area contributed by atoms with E-state index in [1.54, 1.807) is 12.1 Å². The summed E-state index contributed by atoms with van der Waals surface area (Å²) in [5, 5.41) is -0.123. The van der Waals surface area contributed by atoms with Gasteiger partial charge in [-0.1, -0.05) is 29.3 Å². The number of benzene rings is 2. The lowest BCUT2D eigenvalue weighted by molar-refractivity contribution is -0.137. The highest BCUT2D eigenvalue weighted by molar-refractivity contribution is 6.32. The molecule has 0 aliphatic heterocycles. The highest BCUT2D eigenvalue weighted by atomic mass is 35.5. The first-order valence-corrected chi connectivity index (χ1v) is 5.84. The van der Waals surface area contributed by atoms with Gasteiger partial charge in [0.2, 0.25) is 0 Å². The fraction of sp³-hybridized carbons (Fsp3) is 0.0769. The summed E-state index contributed by atoms with van der Waals surface area (Å²) < 4.78 is 42.9. The van der Waals surface area contributed by atoms with E-state index < -0.39 is 16.8 Å². The Morgan fingerprint density at radius 1 is 1.05 bits per heavy atom. The molecule has 0 fully saturated rings. The molecule has 19 heavy (non-hydrogen) atoms. The van der Waals surface area contributed by atoms with Gasteiger partial charge in [-0.3, -0.25) is 0 Å². The Hall–Kier alpha value is -1.39. The normalized spacial score (nSPS) is 11.4. The average Bonchev–Trinajstić information content (AvgIpc) is 2.30. The van der Waals surface area contributed by atoms with Crippen LogP contribution in [0.15, 0.2) is 36.4 Å². The zero-order valence-electron chi connectivity index (χ0n) is 9.26. The smallest absolute Gasteiger partial charge is 0.417 e. The van der Waals surface area contributed by atoms with Gasteiger partial charge in [-0.25, -0.2) is 0 Å². The summed E-state index contributed by atoms with van der Waals surface area (Å²) in [6.07, 6.45) is -4.49. The first-order chi connectivity index (χ1) is 8.88. The maximum Gasteiger partial charge on any atom is 0.417 e. The summed E-state index contributed by atoms with van der Waals surface area (Å²) in [6, 6.07) is 10.5. The second-order valence-electron chi connectivity index (χ2n) is 3.60. The van der Waals surface area contributed by atoms with Gasteiger partial charge in [0.25, 0.3) is 0 Å². The zero-order chi connectivity index (χ0) is 14.0. The fourth-order valence-electron chi connectivity index (χ4n) is 1.39. The van der Waals surface area contributed by atoms with Crippen molar-refractivity contribution in [1.29, 1.82) is 0 Å². The van der Waals surface area contributed by atoms with Crippen LogP contribution in [-0.2, 0) is 6.18 Å². The van der Waals surface area contributed by atoms with Gasteiger partial charge in [-0.05, 0) is 30.3 Å². The minimum atomic E-state index is -4.49. The van der Waals surface area contributed by atoms with Gasteiger partial charge in [-0.2, -0.15) is 13.2 Å². The molecule has 0 amide bonds. The lowest BCUT2D eigenvalue weighted by Crippen LogP contribution is -2.05. The van der Waals surface area contributed by atoms with Gasteiger partial charge < -0.3 is 4.74 Å². The van der Waals surface area contributed by atoms with E-state index in [0.717, 1.165) is 12.1 Å². The summed E-state index contributed by atoms with van der Waals surface area (Å²) >= 11 is 11.4. The van der Waals surface area contributed by atoms with Gasteiger partial charge in [0.05, 0.1) is 15.6 Å². The first kappa shape index (κ1) is 14.0. The van der Waals surface area contributed by atoms with E-state index in [1.807, 2.05) is 0 Å². The summed E-state index contributed by atoms with van der Waals surface area (Å²) in [4.78, 5) is 0. The van der Waals surface area contributed by atoms with Crippen LogP contribution in [0.2, 0.25) is 10.0 Å². The van der Waals surface area contributed by atoms with Crippen molar-refractivity contribution in [1.82, 2.24) is 0 Å². The molecule has 0 aliphatic carbocycles. The van der Waals surface area contributed by atoms with Crippen molar-refractivity contribution in [2.75, 3.05) is 0 Å². The number of halogens is 5. The van der Waals surface area contributed by atoms with Crippen LogP contribution in [0.3, 0.4) is 0 Å². The van der Waals surface area contributed by atoms with Gasteiger partial charge in [-0.15, -0.1) is 0 Å². The fourth-order valence-corrected chi connectivity index (χ4v) is 1.84. The minimum absolute atomic E-state index is 0.172. The van der Waals surface area contributed by atoms with Gasteiger partial charge in [0.1, 0.15) is 11.5 Å². The third-order valence-corrected chi connectivity index (χ3v) is 2.86. The van der Waals surface area contributed by atoms with Crippen LogP contribution in [0.4, 0.5) is 13.2 Å². The highest BCUT2D eigenvalue weighted by Crippen LogP contribution is 2.37. The molecule has 2 aromatic rings. The standard InChI is InChI=1S/C13H6Cl2F3O/c14-10-3-1-2-4-12(10)19-8-5-6-9(11(15)7-8)13(16,17)18/h2-7H. The van der Waals surface area contributed by atoms with Crippen LogP contribution in [0.5, 0.6) is 11.5 Å². The van der Waals surface area contributed by atoms with E-state index in [1.165, 1.54) is 12.1 Å². The topological polar surface area (TPSA) is 9.23 Å². The second kappa shape index (κ2) is 5.31. The van der Waals surface area contributed by atoms with Crippen molar-refractivity contribution in [3.8, 4) is 11.5 Å². The molecule has 0 N–H and O–H groups in total.